The summed E-state index contributed by atoms with van der Waals surface area (Å²) in [5.41, 5.74) is 10.9. The van der Waals surface area contributed by atoms with Crippen molar-refractivity contribution in [3.63, 3.8) is 0 Å². The predicted octanol–water partition coefficient (Wildman–Crippen LogP) is 4.98. The van der Waals surface area contributed by atoms with E-state index in [4.69, 9.17) is 10.5 Å². The number of aryl methyl sites for hydroxylation is 1. The van der Waals surface area contributed by atoms with Crippen LogP contribution in [-0.2, 0) is 17.6 Å². The van der Waals surface area contributed by atoms with Gasteiger partial charge in [-0.3, -0.25) is 0 Å². The van der Waals surface area contributed by atoms with Crippen LogP contribution >= 0.6 is 0 Å². The lowest BCUT2D eigenvalue weighted by Gasteiger charge is -2.26. The van der Waals surface area contributed by atoms with Gasteiger partial charge in [0.15, 0.2) is 0 Å². The lowest BCUT2D eigenvalue weighted by molar-refractivity contribution is 0.191. The third-order valence-corrected chi connectivity index (χ3v) is 6.22. The molecule has 3 atom stereocenters. The highest BCUT2D eigenvalue weighted by Gasteiger charge is 2.25. The number of hydrogen-bond donors (Lipinski definition) is 1. The van der Waals surface area contributed by atoms with Gasteiger partial charge in [0, 0.05) is 19.8 Å². The van der Waals surface area contributed by atoms with E-state index in [0.29, 0.717) is 6.04 Å². The fourth-order valence-electron chi connectivity index (χ4n) is 4.70. The van der Waals surface area contributed by atoms with Gasteiger partial charge in [0.1, 0.15) is 0 Å². The smallest absolute Gasteiger partial charge is 0.0462 e. The number of fused-ring (bicyclic) bond motifs is 1. The Morgan fingerprint density at radius 3 is 2.71 bits per heavy atom. The summed E-state index contributed by atoms with van der Waals surface area (Å²) in [4.78, 5) is 0. The summed E-state index contributed by atoms with van der Waals surface area (Å²) in [5.74, 6) is 1.63. The third-order valence-electron chi connectivity index (χ3n) is 6.22. The minimum atomic E-state index is 0.430. The van der Waals surface area contributed by atoms with Crippen LogP contribution in [-0.4, -0.2) is 19.8 Å². The van der Waals surface area contributed by atoms with Crippen LogP contribution in [0.1, 0.15) is 80.4 Å². The molecular formula is C22H35NO. The molecule has 24 heavy (non-hydrogen) atoms. The highest BCUT2D eigenvalue weighted by molar-refractivity contribution is 5.36. The van der Waals surface area contributed by atoms with E-state index in [1.54, 1.807) is 23.8 Å². The summed E-state index contributed by atoms with van der Waals surface area (Å²) in [7, 11) is 1.80. The Balaban J connectivity index is 1.46. The molecular weight excluding hydrogens is 294 g/mol. The van der Waals surface area contributed by atoms with Crippen molar-refractivity contribution in [3.8, 4) is 0 Å². The first-order chi connectivity index (χ1) is 11.8. The van der Waals surface area contributed by atoms with Gasteiger partial charge in [-0.2, -0.15) is 0 Å². The number of ether oxygens (including phenoxy) is 1. The first kappa shape index (κ1) is 17.9. The number of methoxy groups -OCH3 is 1. The van der Waals surface area contributed by atoms with Gasteiger partial charge in [-0.1, -0.05) is 43.9 Å². The molecule has 1 saturated carbocycles. The lowest BCUT2D eigenvalue weighted by atomic mass is 9.80. The Labute approximate surface area is 148 Å². The molecule has 3 unspecified atom stereocenters. The van der Waals surface area contributed by atoms with E-state index < -0.39 is 0 Å². The van der Waals surface area contributed by atoms with Crippen molar-refractivity contribution in [2.45, 2.75) is 82.6 Å². The molecule has 3 rings (SSSR count). The van der Waals surface area contributed by atoms with Gasteiger partial charge in [0.05, 0.1) is 0 Å². The minimum Gasteiger partial charge on any atom is -0.385 e. The molecule has 2 heteroatoms. The largest absolute Gasteiger partial charge is 0.385 e. The van der Waals surface area contributed by atoms with Crippen molar-refractivity contribution in [2.24, 2.45) is 11.7 Å². The van der Waals surface area contributed by atoms with E-state index in [9.17, 15) is 0 Å². The molecule has 0 saturated heterocycles. The third kappa shape index (κ3) is 4.83. The number of nitrogens with two attached hydrogens (primary N) is 1. The highest BCUT2D eigenvalue weighted by atomic mass is 16.5. The number of benzene rings is 1. The van der Waals surface area contributed by atoms with Crippen molar-refractivity contribution in [3.05, 3.63) is 34.9 Å². The topological polar surface area (TPSA) is 35.2 Å². The maximum atomic E-state index is 6.10. The number of unbranched alkanes of at least 4 members (excludes halogenated alkanes) is 3. The zero-order valence-corrected chi connectivity index (χ0v) is 15.4. The standard InChI is InChI=1S/C22H35NO/c1-24-13-5-3-2-4-6-17-7-8-19-15-20(10-9-18(19)14-17)21-11-12-22(23)16-21/h9-10,15,17,21-22H,2-8,11-14,16,23H2,1H3. The van der Waals surface area contributed by atoms with Crippen molar-refractivity contribution in [1.82, 2.24) is 0 Å². The lowest BCUT2D eigenvalue weighted by Crippen LogP contribution is -2.16. The van der Waals surface area contributed by atoms with Crippen LogP contribution in [0.4, 0.5) is 0 Å². The zero-order chi connectivity index (χ0) is 16.8. The molecule has 1 aromatic carbocycles. The molecule has 2 N–H and O–H groups in total. The maximum absolute atomic E-state index is 6.10. The fraction of sp³-hybridized carbons (Fsp3) is 0.727. The van der Waals surface area contributed by atoms with Gasteiger partial charge in [-0.15, -0.1) is 0 Å². The number of hydrogen-bond acceptors (Lipinski definition) is 2. The van der Waals surface area contributed by atoms with Gasteiger partial charge in [0.2, 0.25) is 0 Å². The second-order valence-corrected chi connectivity index (χ2v) is 8.10. The molecule has 0 aromatic heterocycles. The molecule has 2 nitrogen and oxygen atoms in total. The first-order valence-corrected chi connectivity index (χ1v) is 10.1. The molecule has 2 aliphatic carbocycles. The van der Waals surface area contributed by atoms with Crippen LogP contribution in [0.5, 0.6) is 0 Å². The molecule has 134 valence electrons. The summed E-state index contributed by atoms with van der Waals surface area (Å²) in [6, 6.07) is 7.77. The van der Waals surface area contributed by atoms with E-state index in [0.717, 1.165) is 18.4 Å². The summed E-state index contributed by atoms with van der Waals surface area (Å²) >= 11 is 0. The Hall–Kier alpha value is -0.860. The highest BCUT2D eigenvalue weighted by Crippen LogP contribution is 2.36. The quantitative estimate of drug-likeness (QED) is 0.682. The SMILES string of the molecule is COCCCCCCC1CCc2cc(C3CCC(N)C3)ccc2C1. The molecule has 0 radical (unpaired) electrons. The Morgan fingerprint density at radius 1 is 1.04 bits per heavy atom. The molecule has 0 bridgehead atoms. The van der Waals surface area contributed by atoms with Crippen LogP contribution in [0.25, 0.3) is 0 Å². The molecule has 0 amide bonds. The average Bonchev–Trinajstić information content (AvgIpc) is 3.04. The van der Waals surface area contributed by atoms with E-state index >= 15 is 0 Å². The van der Waals surface area contributed by atoms with Crippen LogP contribution in [0.2, 0.25) is 0 Å². The molecule has 1 fully saturated rings. The van der Waals surface area contributed by atoms with Crippen LogP contribution in [0.15, 0.2) is 18.2 Å². The predicted molar refractivity (Wildman–Crippen MR) is 101 cm³/mol. The maximum Gasteiger partial charge on any atom is 0.0462 e. The van der Waals surface area contributed by atoms with Gasteiger partial charge in [-0.25, -0.2) is 0 Å². The Kier molecular flexibility index (Phi) is 6.74. The normalized spacial score (nSPS) is 26.5. The van der Waals surface area contributed by atoms with E-state index in [1.165, 1.54) is 70.6 Å². The fourth-order valence-corrected chi connectivity index (χ4v) is 4.70. The molecule has 1 aromatic rings. The Bertz CT molecular complexity index is 513. The average molecular weight is 330 g/mol. The van der Waals surface area contributed by atoms with Gasteiger partial charge >= 0.3 is 0 Å². The molecule has 2 aliphatic rings. The monoisotopic (exact) mass is 329 g/mol. The van der Waals surface area contributed by atoms with Gasteiger partial charge in [-0.05, 0) is 73.5 Å². The van der Waals surface area contributed by atoms with E-state index in [-0.39, 0.29) is 0 Å². The summed E-state index contributed by atoms with van der Waals surface area (Å²) in [5, 5.41) is 0. The first-order valence-electron chi connectivity index (χ1n) is 10.1. The van der Waals surface area contributed by atoms with Crippen LogP contribution in [0, 0.1) is 5.92 Å². The van der Waals surface area contributed by atoms with Gasteiger partial charge in [0.25, 0.3) is 0 Å². The van der Waals surface area contributed by atoms with E-state index in [1.807, 2.05) is 0 Å². The van der Waals surface area contributed by atoms with Crippen molar-refractivity contribution in [1.29, 1.82) is 0 Å². The van der Waals surface area contributed by atoms with Crippen LogP contribution < -0.4 is 5.73 Å². The number of rotatable bonds is 8. The van der Waals surface area contributed by atoms with Gasteiger partial charge < -0.3 is 10.5 Å². The zero-order valence-electron chi connectivity index (χ0n) is 15.4. The molecule has 0 spiro atoms. The summed E-state index contributed by atoms with van der Waals surface area (Å²) < 4.78 is 5.12. The Morgan fingerprint density at radius 2 is 1.92 bits per heavy atom. The molecule has 0 heterocycles. The molecule has 0 aliphatic heterocycles. The second kappa shape index (κ2) is 9.01. The summed E-state index contributed by atoms with van der Waals surface area (Å²) in [6.45, 7) is 0.922. The van der Waals surface area contributed by atoms with E-state index in [2.05, 4.69) is 18.2 Å². The second-order valence-electron chi connectivity index (χ2n) is 8.10. The van der Waals surface area contributed by atoms with Crippen molar-refractivity contribution < 1.29 is 4.74 Å². The van der Waals surface area contributed by atoms with Crippen molar-refractivity contribution >= 4 is 0 Å². The van der Waals surface area contributed by atoms with Crippen molar-refractivity contribution in [2.75, 3.05) is 13.7 Å². The summed E-state index contributed by atoms with van der Waals surface area (Å²) in [6.07, 6.45) is 14.4. The van der Waals surface area contributed by atoms with Crippen LogP contribution in [0.3, 0.4) is 0 Å². The minimum absolute atomic E-state index is 0.430.